The standard InChI is InChI=1S/C20H22N4O5/c1-23-17-13(19(26)24(2)20(23)27)6-7-14(22-17)18(25)21-10-9-12-5-8-15(28-3)16(11-12)29-4/h5-8,11H,9-10H2,1-4H3,(H,21,25). The Labute approximate surface area is 166 Å². The Morgan fingerprint density at radius 3 is 2.45 bits per heavy atom. The minimum Gasteiger partial charge on any atom is -0.493 e. The molecule has 0 saturated heterocycles. The summed E-state index contributed by atoms with van der Waals surface area (Å²) in [5, 5.41) is 3.07. The summed E-state index contributed by atoms with van der Waals surface area (Å²) in [6, 6.07) is 8.54. The summed E-state index contributed by atoms with van der Waals surface area (Å²) in [5.41, 5.74) is 0.330. The van der Waals surface area contributed by atoms with E-state index in [0.29, 0.717) is 24.5 Å². The number of nitrogens with one attached hydrogen (secondary N) is 1. The molecule has 2 aromatic heterocycles. The fourth-order valence-corrected chi connectivity index (χ4v) is 3.03. The van der Waals surface area contributed by atoms with Gasteiger partial charge in [0.2, 0.25) is 0 Å². The molecule has 0 aliphatic heterocycles. The summed E-state index contributed by atoms with van der Waals surface area (Å²) in [6.45, 7) is 0.378. The maximum Gasteiger partial charge on any atom is 0.332 e. The van der Waals surface area contributed by atoms with Crippen LogP contribution < -0.4 is 26.0 Å². The van der Waals surface area contributed by atoms with Gasteiger partial charge in [-0.25, -0.2) is 9.78 Å². The number of carbonyl (C=O) groups is 1. The Kier molecular flexibility index (Phi) is 5.67. The van der Waals surface area contributed by atoms with Crippen LogP contribution in [-0.4, -0.2) is 40.8 Å². The van der Waals surface area contributed by atoms with E-state index in [0.717, 1.165) is 10.1 Å². The van der Waals surface area contributed by atoms with Crippen molar-refractivity contribution < 1.29 is 14.3 Å². The lowest BCUT2D eigenvalue weighted by Crippen LogP contribution is -2.37. The van der Waals surface area contributed by atoms with E-state index in [1.54, 1.807) is 14.2 Å². The molecule has 0 aliphatic carbocycles. The first kappa shape index (κ1) is 20.1. The SMILES string of the molecule is COc1ccc(CCNC(=O)c2ccc3c(=O)n(C)c(=O)n(C)c3n2)cc1OC. The van der Waals surface area contributed by atoms with Crippen LogP contribution in [0.1, 0.15) is 16.1 Å². The molecule has 0 aliphatic rings. The minimum atomic E-state index is -0.499. The first-order valence-corrected chi connectivity index (χ1v) is 8.93. The smallest absolute Gasteiger partial charge is 0.332 e. The number of ether oxygens (including phenoxy) is 2. The molecule has 3 rings (SSSR count). The van der Waals surface area contributed by atoms with E-state index in [-0.39, 0.29) is 22.6 Å². The van der Waals surface area contributed by atoms with Crippen LogP contribution in [0.25, 0.3) is 11.0 Å². The van der Waals surface area contributed by atoms with E-state index in [1.165, 1.54) is 30.8 Å². The summed E-state index contributed by atoms with van der Waals surface area (Å²) in [4.78, 5) is 41.0. The van der Waals surface area contributed by atoms with E-state index in [9.17, 15) is 14.4 Å². The second-order valence-corrected chi connectivity index (χ2v) is 6.47. The number of methoxy groups -OCH3 is 2. The topological polar surface area (TPSA) is 104 Å². The third-order valence-corrected chi connectivity index (χ3v) is 4.68. The summed E-state index contributed by atoms with van der Waals surface area (Å²) in [5.74, 6) is 0.868. The number of pyridine rings is 1. The molecule has 1 aromatic carbocycles. The monoisotopic (exact) mass is 398 g/mol. The summed E-state index contributed by atoms with van der Waals surface area (Å²) >= 11 is 0. The van der Waals surface area contributed by atoms with Gasteiger partial charge in [0.15, 0.2) is 11.5 Å². The largest absolute Gasteiger partial charge is 0.493 e. The first-order chi connectivity index (χ1) is 13.9. The highest BCUT2D eigenvalue weighted by molar-refractivity contribution is 5.94. The van der Waals surface area contributed by atoms with Crippen LogP contribution in [0, 0.1) is 0 Å². The molecular formula is C20H22N4O5. The number of hydrogen-bond donors (Lipinski definition) is 1. The lowest BCUT2D eigenvalue weighted by atomic mass is 10.1. The lowest BCUT2D eigenvalue weighted by molar-refractivity contribution is 0.0949. The van der Waals surface area contributed by atoms with Crippen molar-refractivity contribution in [1.82, 2.24) is 19.4 Å². The molecule has 0 fully saturated rings. The molecule has 152 valence electrons. The average Bonchev–Trinajstić information content (AvgIpc) is 2.75. The Balaban J connectivity index is 1.75. The van der Waals surface area contributed by atoms with Crippen LogP contribution in [0.5, 0.6) is 11.5 Å². The number of fused-ring (bicyclic) bond motifs is 1. The number of amides is 1. The third-order valence-electron chi connectivity index (χ3n) is 4.68. The van der Waals surface area contributed by atoms with Crippen molar-refractivity contribution in [3.05, 3.63) is 62.4 Å². The van der Waals surface area contributed by atoms with Crippen LogP contribution in [0.4, 0.5) is 0 Å². The van der Waals surface area contributed by atoms with Crippen LogP contribution in [0.15, 0.2) is 39.9 Å². The van der Waals surface area contributed by atoms with Gasteiger partial charge in [0, 0.05) is 20.6 Å². The number of aromatic nitrogens is 3. The molecule has 3 aromatic rings. The number of hydrogen-bond acceptors (Lipinski definition) is 6. The lowest BCUT2D eigenvalue weighted by Gasteiger charge is -2.10. The Bertz CT molecular complexity index is 1200. The maximum atomic E-state index is 12.5. The molecule has 0 unspecified atom stereocenters. The minimum absolute atomic E-state index is 0.132. The van der Waals surface area contributed by atoms with E-state index in [2.05, 4.69) is 10.3 Å². The summed E-state index contributed by atoms with van der Waals surface area (Å²) < 4.78 is 12.7. The third kappa shape index (κ3) is 3.84. The maximum absolute atomic E-state index is 12.5. The molecule has 1 N–H and O–H groups in total. The van der Waals surface area contributed by atoms with Crippen LogP contribution >= 0.6 is 0 Å². The van der Waals surface area contributed by atoms with Crippen molar-refractivity contribution in [3.63, 3.8) is 0 Å². The zero-order valence-electron chi connectivity index (χ0n) is 16.7. The van der Waals surface area contributed by atoms with Gasteiger partial charge in [0.05, 0.1) is 19.6 Å². The van der Waals surface area contributed by atoms with Gasteiger partial charge in [-0.15, -0.1) is 0 Å². The second kappa shape index (κ2) is 8.17. The molecule has 2 heterocycles. The molecule has 29 heavy (non-hydrogen) atoms. The number of benzene rings is 1. The summed E-state index contributed by atoms with van der Waals surface area (Å²) in [6.07, 6.45) is 0.582. The Morgan fingerprint density at radius 2 is 1.76 bits per heavy atom. The first-order valence-electron chi connectivity index (χ1n) is 8.93. The van der Waals surface area contributed by atoms with Crippen molar-refractivity contribution in [2.75, 3.05) is 20.8 Å². The Morgan fingerprint density at radius 1 is 1.03 bits per heavy atom. The van der Waals surface area contributed by atoms with Gasteiger partial charge in [-0.05, 0) is 36.2 Å². The van der Waals surface area contributed by atoms with Gasteiger partial charge in [-0.1, -0.05) is 6.07 Å². The zero-order chi connectivity index (χ0) is 21.1. The van der Waals surface area contributed by atoms with Gasteiger partial charge in [-0.2, -0.15) is 0 Å². The van der Waals surface area contributed by atoms with Crippen LogP contribution in [-0.2, 0) is 20.5 Å². The highest BCUT2D eigenvalue weighted by atomic mass is 16.5. The highest BCUT2D eigenvalue weighted by Gasteiger charge is 2.14. The van der Waals surface area contributed by atoms with Gasteiger partial charge in [0.1, 0.15) is 11.3 Å². The fraction of sp³-hybridized carbons (Fsp3) is 0.300. The zero-order valence-corrected chi connectivity index (χ0v) is 16.7. The van der Waals surface area contributed by atoms with Gasteiger partial charge in [0.25, 0.3) is 11.5 Å². The van der Waals surface area contributed by atoms with E-state index >= 15 is 0 Å². The molecule has 9 nitrogen and oxygen atoms in total. The van der Waals surface area contributed by atoms with Gasteiger partial charge >= 0.3 is 5.69 Å². The van der Waals surface area contributed by atoms with Crippen LogP contribution in [0.3, 0.4) is 0 Å². The van der Waals surface area contributed by atoms with Crippen LogP contribution in [0.2, 0.25) is 0 Å². The number of carbonyl (C=O) groups excluding carboxylic acids is 1. The molecule has 1 amide bonds. The molecule has 0 radical (unpaired) electrons. The van der Waals surface area contributed by atoms with Crippen molar-refractivity contribution in [1.29, 1.82) is 0 Å². The number of aryl methyl sites for hydroxylation is 1. The van der Waals surface area contributed by atoms with Crippen molar-refractivity contribution in [2.45, 2.75) is 6.42 Å². The Hall–Kier alpha value is -3.62. The predicted octanol–water partition coefficient (Wildman–Crippen LogP) is 0.622. The normalized spacial score (nSPS) is 10.8. The van der Waals surface area contributed by atoms with E-state index < -0.39 is 11.2 Å². The van der Waals surface area contributed by atoms with E-state index in [1.807, 2.05) is 18.2 Å². The van der Waals surface area contributed by atoms with Gasteiger partial charge < -0.3 is 14.8 Å². The molecule has 9 heteroatoms. The van der Waals surface area contributed by atoms with E-state index in [4.69, 9.17) is 9.47 Å². The average molecular weight is 398 g/mol. The number of nitrogens with zero attached hydrogens (tertiary/aromatic N) is 3. The van der Waals surface area contributed by atoms with Crippen molar-refractivity contribution >= 4 is 16.9 Å². The molecule has 0 spiro atoms. The molecule has 0 bridgehead atoms. The van der Waals surface area contributed by atoms with Crippen molar-refractivity contribution in [2.24, 2.45) is 14.1 Å². The quantitative estimate of drug-likeness (QED) is 0.653. The van der Waals surface area contributed by atoms with Gasteiger partial charge in [-0.3, -0.25) is 18.7 Å². The molecule has 0 saturated carbocycles. The second-order valence-electron chi connectivity index (χ2n) is 6.47. The molecule has 0 atom stereocenters. The number of rotatable bonds is 6. The fourth-order valence-electron chi connectivity index (χ4n) is 3.03. The van der Waals surface area contributed by atoms with Crippen molar-refractivity contribution in [3.8, 4) is 11.5 Å². The molecular weight excluding hydrogens is 376 g/mol. The predicted molar refractivity (Wildman–Crippen MR) is 108 cm³/mol. The highest BCUT2D eigenvalue weighted by Crippen LogP contribution is 2.27. The summed E-state index contributed by atoms with van der Waals surface area (Å²) in [7, 11) is 6.05.